The minimum absolute atomic E-state index is 0.197. The fourth-order valence-corrected chi connectivity index (χ4v) is 2.38. The van der Waals surface area contributed by atoms with E-state index in [9.17, 15) is 4.39 Å². The van der Waals surface area contributed by atoms with Gasteiger partial charge >= 0.3 is 0 Å². The summed E-state index contributed by atoms with van der Waals surface area (Å²) < 4.78 is 15.2. The van der Waals surface area contributed by atoms with Crippen molar-refractivity contribution in [2.45, 2.75) is 6.54 Å². The average molecular weight is 232 g/mol. The molecule has 80 valence electrons. The van der Waals surface area contributed by atoms with Crippen molar-refractivity contribution < 1.29 is 4.39 Å². The summed E-state index contributed by atoms with van der Waals surface area (Å²) >= 11 is 1.61. The number of thiazole rings is 1. The van der Waals surface area contributed by atoms with Crippen LogP contribution in [0, 0.1) is 5.82 Å². The van der Waals surface area contributed by atoms with Gasteiger partial charge < -0.3 is 4.57 Å². The Bertz CT molecular complexity index is 613. The molecule has 2 aromatic heterocycles. The maximum absolute atomic E-state index is 13.1. The Morgan fingerprint density at radius 2 is 2.25 bits per heavy atom. The maximum Gasteiger partial charge on any atom is 0.125 e. The molecule has 16 heavy (non-hydrogen) atoms. The highest BCUT2D eigenvalue weighted by Gasteiger charge is 2.03. The highest BCUT2D eigenvalue weighted by Crippen LogP contribution is 2.19. The summed E-state index contributed by atoms with van der Waals surface area (Å²) in [6, 6.07) is 6.85. The molecule has 2 nitrogen and oxygen atoms in total. The summed E-state index contributed by atoms with van der Waals surface area (Å²) in [4.78, 5) is 5.20. The SMILES string of the molecule is Fc1ccc2ccn(Cc3cncs3)c2c1. The first-order valence-corrected chi connectivity index (χ1v) is 5.83. The topological polar surface area (TPSA) is 17.8 Å². The van der Waals surface area contributed by atoms with Crippen LogP contribution in [0.4, 0.5) is 4.39 Å². The third-order valence-electron chi connectivity index (χ3n) is 2.55. The number of rotatable bonds is 2. The van der Waals surface area contributed by atoms with E-state index in [4.69, 9.17) is 0 Å². The van der Waals surface area contributed by atoms with Crippen molar-refractivity contribution in [3.8, 4) is 0 Å². The number of halogens is 1. The smallest absolute Gasteiger partial charge is 0.125 e. The van der Waals surface area contributed by atoms with Gasteiger partial charge in [-0.1, -0.05) is 0 Å². The predicted octanol–water partition coefficient (Wildman–Crippen LogP) is 3.29. The molecule has 2 heterocycles. The summed E-state index contributed by atoms with van der Waals surface area (Å²) in [7, 11) is 0. The lowest BCUT2D eigenvalue weighted by Gasteiger charge is -2.02. The molecule has 3 aromatic rings. The van der Waals surface area contributed by atoms with Crippen LogP contribution < -0.4 is 0 Å². The van der Waals surface area contributed by atoms with Crippen molar-refractivity contribution in [1.82, 2.24) is 9.55 Å². The lowest BCUT2D eigenvalue weighted by atomic mass is 10.2. The van der Waals surface area contributed by atoms with Crippen molar-refractivity contribution in [1.29, 1.82) is 0 Å². The fourth-order valence-electron chi connectivity index (χ4n) is 1.78. The zero-order valence-corrected chi connectivity index (χ0v) is 9.25. The zero-order valence-electron chi connectivity index (χ0n) is 8.43. The zero-order chi connectivity index (χ0) is 11.0. The first-order chi connectivity index (χ1) is 7.83. The van der Waals surface area contributed by atoms with Gasteiger partial charge in [-0.25, -0.2) is 4.39 Å². The van der Waals surface area contributed by atoms with Crippen LogP contribution in [0.1, 0.15) is 4.88 Å². The first-order valence-electron chi connectivity index (χ1n) is 4.95. The van der Waals surface area contributed by atoms with Gasteiger partial charge in [-0.15, -0.1) is 11.3 Å². The minimum Gasteiger partial charge on any atom is -0.342 e. The molecule has 0 radical (unpaired) electrons. The number of benzene rings is 1. The van der Waals surface area contributed by atoms with Gasteiger partial charge in [0.2, 0.25) is 0 Å². The van der Waals surface area contributed by atoms with Gasteiger partial charge in [0.25, 0.3) is 0 Å². The van der Waals surface area contributed by atoms with Crippen molar-refractivity contribution in [2.24, 2.45) is 0 Å². The number of fused-ring (bicyclic) bond motifs is 1. The van der Waals surface area contributed by atoms with Crippen LogP contribution in [0.5, 0.6) is 0 Å². The van der Waals surface area contributed by atoms with E-state index < -0.39 is 0 Å². The first kappa shape index (κ1) is 9.54. The molecule has 4 heteroatoms. The number of aromatic nitrogens is 2. The average Bonchev–Trinajstić information content (AvgIpc) is 2.90. The van der Waals surface area contributed by atoms with Gasteiger partial charge in [0, 0.05) is 17.3 Å². The Morgan fingerprint density at radius 3 is 3.06 bits per heavy atom. The Balaban J connectivity index is 2.07. The van der Waals surface area contributed by atoms with Crippen LogP contribution in [0.25, 0.3) is 10.9 Å². The third kappa shape index (κ3) is 1.61. The van der Waals surface area contributed by atoms with Crippen LogP contribution in [0.3, 0.4) is 0 Å². The fraction of sp³-hybridized carbons (Fsp3) is 0.0833. The maximum atomic E-state index is 13.1. The Hall–Kier alpha value is -1.68. The number of hydrogen-bond donors (Lipinski definition) is 0. The largest absolute Gasteiger partial charge is 0.342 e. The van der Waals surface area contributed by atoms with E-state index in [-0.39, 0.29) is 5.82 Å². The van der Waals surface area contributed by atoms with E-state index in [1.165, 1.54) is 10.9 Å². The van der Waals surface area contributed by atoms with E-state index in [0.29, 0.717) is 0 Å². The van der Waals surface area contributed by atoms with E-state index in [0.717, 1.165) is 17.4 Å². The van der Waals surface area contributed by atoms with Gasteiger partial charge in [0.15, 0.2) is 0 Å². The predicted molar refractivity (Wildman–Crippen MR) is 63.1 cm³/mol. The van der Waals surface area contributed by atoms with E-state index >= 15 is 0 Å². The Kier molecular flexibility index (Phi) is 2.22. The van der Waals surface area contributed by atoms with Crippen LogP contribution in [-0.2, 0) is 6.54 Å². The quantitative estimate of drug-likeness (QED) is 0.663. The molecule has 0 fully saturated rings. The van der Waals surface area contributed by atoms with Crippen LogP contribution in [0.15, 0.2) is 42.2 Å². The van der Waals surface area contributed by atoms with E-state index in [2.05, 4.69) is 4.98 Å². The lowest BCUT2D eigenvalue weighted by molar-refractivity contribution is 0.628. The Labute approximate surface area is 96.0 Å². The summed E-state index contributed by atoms with van der Waals surface area (Å²) in [5.74, 6) is -0.197. The van der Waals surface area contributed by atoms with Crippen LogP contribution in [0.2, 0.25) is 0 Å². The number of hydrogen-bond acceptors (Lipinski definition) is 2. The second-order valence-electron chi connectivity index (χ2n) is 3.61. The lowest BCUT2D eigenvalue weighted by Crippen LogP contribution is -1.95. The standard InChI is InChI=1S/C12H9FN2S/c13-10-2-1-9-3-4-15(12(9)5-10)7-11-6-14-8-16-11/h1-6,8H,7H2. The summed E-state index contributed by atoms with van der Waals surface area (Å²) in [6.07, 6.45) is 3.82. The van der Waals surface area contributed by atoms with Gasteiger partial charge in [0.1, 0.15) is 5.82 Å². The van der Waals surface area contributed by atoms with E-state index in [1.807, 2.05) is 28.5 Å². The molecule has 0 aliphatic carbocycles. The minimum atomic E-state index is -0.197. The molecule has 0 amide bonds. The summed E-state index contributed by atoms with van der Waals surface area (Å²) in [5.41, 5.74) is 2.73. The molecule has 0 N–H and O–H groups in total. The van der Waals surface area contributed by atoms with Crippen molar-refractivity contribution in [3.63, 3.8) is 0 Å². The second-order valence-corrected chi connectivity index (χ2v) is 4.59. The van der Waals surface area contributed by atoms with Crippen LogP contribution in [-0.4, -0.2) is 9.55 Å². The molecule has 1 aromatic carbocycles. The normalized spacial score (nSPS) is 11.1. The molecule has 0 unspecified atom stereocenters. The highest BCUT2D eigenvalue weighted by molar-refractivity contribution is 7.09. The Morgan fingerprint density at radius 1 is 1.31 bits per heavy atom. The van der Waals surface area contributed by atoms with Gasteiger partial charge in [0.05, 0.1) is 17.6 Å². The molecule has 0 bridgehead atoms. The third-order valence-corrected chi connectivity index (χ3v) is 3.31. The summed E-state index contributed by atoms with van der Waals surface area (Å²) in [6.45, 7) is 0.748. The molecular weight excluding hydrogens is 223 g/mol. The van der Waals surface area contributed by atoms with Crippen molar-refractivity contribution >= 4 is 22.2 Å². The van der Waals surface area contributed by atoms with Gasteiger partial charge in [-0.05, 0) is 29.7 Å². The molecule has 0 saturated heterocycles. The molecular formula is C12H9FN2S. The number of nitrogens with zero attached hydrogens (tertiary/aromatic N) is 2. The van der Waals surface area contributed by atoms with E-state index in [1.54, 1.807) is 23.5 Å². The van der Waals surface area contributed by atoms with Gasteiger partial charge in [-0.3, -0.25) is 4.98 Å². The molecule has 0 aliphatic rings. The second kappa shape index (κ2) is 3.72. The molecule has 0 saturated carbocycles. The molecule has 0 spiro atoms. The van der Waals surface area contributed by atoms with Crippen molar-refractivity contribution in [2.75, 3.05) is 0 Å². The molecule has 0 atom stereocenters. The monoisotopic (exact) mass is 232 g/mol. The van der Waals surface area contributed by atoms with Gasteiger partial charge in [-0.2, -0.15) is 0 Å². The molecule has 0 aliphatic heterocycles. The summed E-state index contributed by atoms with van der Waals surface area (Å²) in [5, 5.41) is 1.06. The molecule has 3 rings (SSSR count). The van der Waals surface area contributed by atoms with Crippen LogP contribution >= 0.6 is 11.3 Å². The highest BCUT2D eigenvalue weighted by atomic mass is 32.1. The van der Waals surface area contributed by atoms with Crippen molar-refractivity contribution in [3.05, 3.63) is 52.9 Å².